The molecule has 0 aromatic carbocycles. The number of likely N-dealkylation sites (tertiary alicyclic amines) is 1. The minimum Gasteiger partial charge on any atom is -0.391 e. The zero-order valence-corrected chi connectivity index (χ0v) is 14.4. The van der Waals surface area contributed by atoms with Crippen molar-refractivity contribution >= 4 is 5.95 Å². The second-order valence-electron chi connectivity index (χ2n) is 7.04. The molecule has 0 saturated carbocycles. The Hall–Kier alpha value is -1.34. The molecule has 1 aromatic heterocycles. The monoisotopic (exact) mass is 340 g/mol. The number of aliphatic hydroxyl groups excluding tert-OH is 1. The Morgan fingerprint density at radius 2 is 1.62 bits per heavy atom. The van der Waals surface area contributed by atoms with Crippen molar-refractivity contribution in [2.45, 2.75) is 57.6 Å². The van der Waals surface area contributed by atoms with Crippen molar-refractivity contribution in [3.8, 4) is 0 Å². The zero-order valence-electron chi connectivity index (χ0n) is 14.4. The van der Waals surface area contributed by atoms with Gasteiger partial charge in [-0.1, -0.05) is 0 Å². The van der Waals surface area contributed by atoms with Crippen LogP contribution in [0.5, 0.6) is 0 Å². The highest BCUT2D eigenvalue weighted by molar-refractivity contribution is 5.32. The topological polar surface area (TPSA) is 52.5 Å². The van der Waals surface area contributed by atoms with E-state index in [0.717, 1.165) is 24.4 Å². The molecule has 134 valence electrons. The van der Waals surface area contributed by atoms with Crippen molar-refractivity contribution in [1.29, 1.82) is 0 Å². The summed E-state index contributed by atoms with van der Waals surface area (Å²) < 4.78 is 26.7. The van der Waals surface area contributed by atoms with Crippen molar-refractivity contribution < 1.29 is 13.9 Å². The van der Waals surface area contributed by atoms with E-state index in [9.17, 15) is 13.9 Å². The van der Waals surface area contributed by atoms with Gasteiger partial charge in [0.1, 0.15) is 0 Å². The van der Waals surface area contributed by atoms with Gasteiger partial charge >= 0.3 is 0 Å². The van der Waals surface area contributed by atoms with E-state index in [2.05, 4.69) is 14.9 Å². The van der Waals surface area contributed by atoms with Gasteiger partial charge in [-0.3, -0.25) is 4.90 Å². The normalized spacial score (nSPS) is 28.6. The summed E-state index contributed by atoms with van der Waals surface area (Å²) in [5.74, 6) is -1.85. The van der Waals surface area contributed by atoms with Gasteiger partial charge in [0, 0.05) is 56.5 Å². The SMILES string of the molecule is Cc1cc(C)nc(N2CC[C@H](O)[C@@H](N3CCC(F)(F)CC3)CC2)n1. The lowest BCUT2D eigenvalue weighted by Gasteiger charge is -2.38. The fourth-order valence-electron chi connectivity index (χ4n) is 3.73. The summed E-state index contributed by atoms with van der Waals surface area (Å²) in [7, 11) is 0. The van der Waals surface area contributed by atoms with Gasteiger partial charge in [0.2, 0.25) is 5.95 Å². The molecule has 7 heteroatoms. The fourth-order valence-corrected chi connectivity index (χ4v) is 3.73. The predicted molar refractivity (Wildman–Crippen MR) is 88.5 cm³/mol. The van der Waals surface area contributed by atoms with Crippen molar-refractivity contribution in [3.05, 3.63) is 17.5 Å². The molecule has 0 unspecified atom stereocenters. The first-order valence-electron chi connectivity index (χ1n) is 8.71. The Bertz CT molecular complexity index is 553. The van der Waals surface area contributed by atoms with E-state index in [0.29, 0.717) is 32.0 Å². The maximum Gasteiger partial charge on any atom is 0.250 e. The maximum atomic E-state index is 13.4. The van der Waals surface area contributed by atoms with Crippen LogP contribution in [-0.4, -0.2) is 64.2 Å². The largest absolute Gasteiger partial charge is 0.391 e. The molecule has 1 aromatic rings. The molecular formula is C17H26F2N4O. The van der Waals surface area contributed by atoms with Gasteiger partial charge in [0.25, 0.3) is 5.92 Å². The van der Waals surface area contributed by atoms with Crippen LogP contribution in [0.3, 0.4) is 0 Å². The lowest BCUT2D eigenvalue weighted by atomic mass is 9.99. The molecule has 3 heterocycles. The van der Waals surface area contributed by atoms with Gasteiger partial charge in [-0.15, -0.1) is 0 Å². The third-order valence-electron chi connectivity index (χ3n) is 5.09. The van der Waals surface area contributed by atoms with Crippen LogP contribution in [-0.2, 0) is 0 Å². The van der Waals surface area contributed by atoms with Gasteiger partial charge < -0.3 is 10.0 Å². The van der Waals surface area contributed by atoms with Gasteiger partial charge in [-0.25, -0.2) is 18.7 Å². The van der Waals surface area contributed by atoms with Crippen LogP contribution in [0.15, 0.2) is 6.07 Å². The lowest BCUT2D eigenvalue weighted by Crippen LogP contribution is -2.49. The minimum absolute atomic E-state index is 0.0583. The Morgan fingerprint density at radius 1 is 1.04 bits per heavy atom. The first kappa shape index (κ1) is 17.5. The molecule has 2 aliphatic heterocycles. The second-order valence-corrected chi connectivity index (χ2v) is 7.04. The highest BCUT2D eigenvalue weighted by Crippen LogP contribution is 2.31. The molecule has 2 saturated heterocycles. The summed E-state index contributed by atoms with van der Waals surface area (Å²) in [6.45, 7) is 6.02. The fraction of sp³-hybridized carbons (Fsp3) is 0.765. The molecule has 0 spiro atoms. The molecule has 0 aliphatic carbocycles. The Labute approximate surface area is 141 Å². The smallest absolute Gasteiger partial charge is 0.250 e. The van der Waals surface area contributed by atoms with Crippen LogP contribution >= 0.6 is 0 Å². The van der Waals surface area contributed by atoms with Crippen LogP contribution in [0.1, 0.15) is 37.1 Å². The summed E-state index contributed by atoms with van der Waals surface area (Å²) in [6.07, 6.45) is 0.629. The summed E-state index contributed by atoms with van der Waals surface area (Å²) in [6, 6.07) is 1.88. The molecule has 0 radical (unpaired) electrons. The molecule has 0 amide bonds. The summed E-state index contributed by atoms with van der Waals surface area (Å²) in [4.78, 5) is 13.1. The highest BCUT2D eigenvalue weighted by atomic mass is 19.3. The third-order valence-corrected chi connectivity index (χ3v) is 5.09. The molecular weight excluding hydrogens is 314 g/mol. The van der Waals surface area contributed by atoms with E-state index >= 15 is 0 Å². The first-order chi connectivity index (χ1) is 11.3. The maximum absolute atomic E-state index is 13.4. The number of aryl methyl sites for hydroxylation is 2. The molecule has 1 N–H and O–H groups in total. The molecule has 5 nitrogen and oxygen atoms in total. The van der Waals surface area contributed by atoms with Gasteiger partial charge in [-0.2, -0.15) is 0 Å². The van der Waals surface area contributed by atoms with Crippen molar-refractivity contribution in [3.63, 3.8) is 0 Å². The van der Waals surface area contributed by atoms with Crippen LogP contribution < -0.4 is 4.90 Å². The molecule has 2 fully saturated rings. The molecule has 24 heavy (non-hydrogen) atoms. The molecule has 3 rings (SSSR count). The number of hydrogen-bond donors (Lipinski definition) is 1. The molecule has 0 bridgehead atoms. The van der Waals surface area contributed by atoms with Crippen LogP contribution in [0.25, 0.3) is 0 Å². The van der Waals surface area contributed by atoms with Crippen molar-refractivity contribution in [2.75, 3.05) is 31.1 Å². The average Bonchev–Trinajstić information content (AvgIpc) is 2.69. The lowest BCUT2D eigenvalue weighted by molar-refractivity contribution is -0.0755. The van der Waals surface area contributed by atoms with E-state index in [1.807, 2.05) is 24.8 Å². The van der Waals surface area contributed by atoms with E-state index in [-0.39, 0.29) is 18.9 Å². The summed E-state index contributed by atoms with van der Waals surface area (Å²) >= 11 is 0. The standard InChI is InChI=1S/C17H26F2N4O/c1-12-11-13(2)21-16(20-12)23-7-3-14(15(24)4-8-23)22-9-5-17(18,19)6-10-22/h11,14-15,24H,3-10H2,1-2H3/t14-,15-/m0/s1. The molecule has 2 aliphatic rings. The summed E-state index contributed by atoms with van der Waals surface area (Å²) in [5.41, 5.74) is 1.86. The van der Waals surface area contributed by atoms with Gasteiger partial charge in [-0.05, 0) is 32.8 Å². The van der Waals surface area contributed by atoms with E-state index in [1.54, 1.807) is 0 Å². The van der Waals surface area contributed by atoms with E-state index in [4.69, 9.17) is 0 Å². The zero-order chi connectivity index (χ0) is 17.3. The third kappa shape index (κ3) is 4.00. The number of nitrogens with zero attached hydrogens (tertiary/aromatic N) is 4. The second kappa shape index (κ2) is 6.88. The number of anilines is 1. The Morgan fingerprint density at radius 3 is 2.25 bits per heavy atom. The number of hydrogen-bond acceptors (Lipinski definition) is 5. The van der Waals surface area contributed by atoms with Crippen LogP contribution in [0.2, 0.25) is 0 Å². The predicted octanol–water partition coefficient (Wildman–Crippen LogP) is 2.15. The minimum atomic E-state index is -2.55. The van der Waals surface area contributed by atoms with Crippen LogP contribution in [0.4, 0.5) is 14.7 Å². The Balaban J connectivity index is 1.67. The number of aromatic nitrogens is 2. The number of piperidine rings is 1. The summed E-state index contributed by atoms with van der Waals surface area (Å²) in [5, 5.41) is 10.5. The van der Waals surface area contributed by atoms with E-state index in [1.165, 1.54) is 0 Å². The van der Waals surface area contributed by atoms with Crippen molar-refractivity contribution in [2.24, 2.45) is 0 Å². The first-order valence-corrected chi connectivity index (χ1v) is 8.71. The van der Waals surface area contributed by atoms with Crippen molar-refractivity contribution in [1.82, 2.24) is 14.9 Å². The Kier molecular flexibility index (Phi) is 5.01. The van der Waals surface area contributed by atoms with Gasteiger partial charge in [0.05, 0.1) is 6.10 Å². The number of halogens is 2. The highest BCUT2D eigenvalue weighted by Gasteiger charge is 2.38. The average molecular weight is 340 g/mol. The van der Waals surface area contributed by atoms with Gasteiger partial charge in [0.15, 0.2) is 0 Å². The number of aliphatic hydroxyl groups is 1. The van der Waals surface area contributed by atoms with Crippen LogP contribution in [0, 0.1) is 13.8 Å². The van der Waals surface area contributed by atoms with E-state index < -0.39 is 12.0 Å². The molecule has 2 atom stereocenters. The number of rotatable bonds is 2. The quantitative estimate of drug-likeness (QED) is 0.894. The number of alkyl halides is 2.